The molecule has 0 radical (unpaired) electrons. The Bertz CT molecular complexity index is 997. The van der Waals surface area contributed by atoms with E-state index < -0.39 is 23.4 Å². The van der Waals surface area contributed by atoms with E-state index in [1.807, 2.05) is 6.92 Å². The van der Waals surface area contributed by atoms with E-state index in [1.165, 1.54) is 15.3 Å². The van der Waals surface area contributed by atoms with Gasteiger partial charge in [-0.2, -0.15) is 13.2 Å². The van der Waals surface area contributed by atoms with Gasteiger partial charge in [-0.1, -0.05) is 0 Å². The van der Waals surface area contributed by atoms with Gasteiger partial charge in [-0.05, 0) is 60.9 Å². The van der Waals surface area contributed by atoms with Crippen LogP contribution in [0.1, 0.15) is 49.0 Å². The topological polar surface area (TPSA) is 89.3 Å². The molecule has 33 heavy (non-hydrogen) atoms. The first-order chi connectivity index (χ1) is 15.3. The Balaban J connectivity index is 1.73. The van der Waals surface area contributed by atoms with Gasteiger partial charge < -0.3 is 9.87 Å². The molecule has 0 bridgehead atoms. The summed E-state index contributed by atoms with van der Waals surface area (Å²) in [6, 6.07) is 4.44. The molecule has 1 amide bonds. The van der Waals surface area contributed by atoms with E-state index in [0.717, 1.165) is 19.0 Å². The third-order valence-electron chi connectivity index (χ3n) is 5.58. The normalized spacial score (nSPS) is 19.2. The van der Waals surface area contributed by atoms with E-state index in [-0.39, 0.29) is 17.9 Å². The first-order valence-electron chi connectivity index (χ1n) is 10.6. The second-order valence-corrected chi connectivity index (χ2v) is 10.1. The Labute approximate surface area is 194 Å². The minimum atomic E-state index is -4.46. The van der Waals surface area contributed by atoms with Gasteiger partial charge in [0, 0.05) is 39.3 Å². The van der Waals surface area contributed by atoms with Gasteiger partial charge in [0.05, 0.1) is 11.7 Å². The van der Waals surface area contributed by atoms with Crippen LogP contribution in [0.2, 0.25) is 0 Å². The summed E-state index contributed by atoms with van der Waals surface area (Å²) in [4.78, 5) is 17.4. The number of alkyl halides is 3. The zero-order chi connectivity index (χ0) is 24.5. The molecule has 3 unspecified atom stereocenters. The number of carbonyl (C=O) groups is 1. The van der Waals surface area contributed by atoms with Crippen molar-refractivity contribution in [3.05, 3.63) is 40.8 Å². The molecular weight excluding hydrogens is 457 g/mol. The van der Waals surface area contributed by atoms with Crippen LogP contribution in [0, 0.1) is 12.8 Å². The molecule has 3 rings (SSSR count). The number of nitrogens with zero attached hydrogens (tertiary/aromatic N) is 5. The number of aromatic nitrogens is 3. The highest BCUT2D eigenvalue weighted by Gasteiger charge is 2.34. The summed E-state index contributed by atoms with van der Waals surface area (Å²) < 4.78 is 54.6. The number of likely N-dealkylation sites (tertiary alicyclic amines) is 1. The first kappa shape index (κ1) is 25.5. The van der Waals surface area contributed by atoms with E-state index in [0.29, 0.717) is 35.7 Å². The third kappa shape index (κ3) is 6.25. The lowest BCUT2D eigenvalue weighted by molar-refractivity contribution is -0.141. The van der Waals surface area contributed by atoms with Gasteiger partial charge in [0.25, 0.3) is 0 Å². The summed E-state index contributed by atoms with van der Waals surface area (Å²) in [5, 5.41) is 7.14. The highest BCUT2D eigenvalue weighted by Crippen LogP contribution is 2.32. The van der Waals surface area contributed by atoms with Crippen molar-refractivity contribution in [3.8, 4) is 0 Å². The van der Waals surface area contributed by atoms with Crippen LogP contribution in [0.25, 0.3) is 0 Å². The minimum absolute atomic E-state index is 0.118. The number of hydrogen-bond acceptors (Lipinski definition) is 6. The van der Waals surface area contributed by atoms with E-state index in [2.05, 4.69) is 20.3 Å². The Morgan fingerprint density at radius 3 is 2.67 bits per heavy atom. The summed E-state index contributed by atoms with van der Waals surface area (Å²) in [5.41, 5.74) is 0.792. The van der Waals surface area contributed by atoms with Crippen molar-refractivity contribution < 1.29 is 22.5 Å². The quantitative estimate of drug-likeness (QED) is 0.605. The molecule has 2 aromatic rings. The van der Waals surface area contributed by atoms with Crippen molar-refractivity contribution in [2.24, 2.45) is 5.92 Å². The Kier molecular flexibility index (Phi) is 7.72. The molecular formula is C21H29F3N6O2S. The Hall–Kier alpha value is -2.15. The SMILES string of the molecule is CC(=O)Nc1cc(C(C)N2CCC(Cc3cc(C)nc(C(F)(F)F)c3)C2)nn1[S+]([O-])N(C)C. The number of nitrogens with one attached hydrogen (secondary N) is 1. The fourth-order valence-corrected chi connectivity index (χ4v) is 4.77. The fraction of sp³-hybridized carbons (Fsp3) is 0.571. The van der Waals surface area contributed by atoms with Crippen LogP contribution >= 0.6 is 0 Å². The predicted molar refractivity (Wildman–Crippen MR) is 120 cm³/mol. The van der Waals surface area contributed by atoms with E-state index >= 15 is 0 Å². The summed E-state index contributed by atoms with van der Waals surface area (Å²) >= 11 is -1.60. The molecule has 1 fully saturated rings. The third-order valence-corrected chi connectivity index (χ3v) is 6.78. The highest BCUT2D eigenvalue weighted by molar-refractivity contribution is 7.87. The molecule has 8 nitrogen and oxygen atoms in total. The standard InChI is InChI=1S/C21H29F3N6O2S/c1-13-8-17(10-19(25-13)21(22,23)24)9-16-6-7-29(12-16)14(2)18-11-20(26-15(3)31)30(27-18)33(32)28(4)5/h8,10-11,14,16H,6-7,9,12H2,1-5H3,(H,26,31). The summed E-state index contributed by atoms with van der Waals surface area (Å²) in [6.45, 7) is 6.38. The number of aryl methyl sites for hydroxylation is 1. The molecule has 0 saturated carbocycles. The number of anilines is 1. The zero-order valence-corrected chi connectivity index (χ0v) is 20.1. The maximum Gasteiger partial charge on any atom is 0.433 e. The smallest absolute Gasteiger partial charge is 0.433 e. The first-order valence-corrected chi connectivity index (χ1v) is 11.7. The van der Waals surface area contributed by atoms with Crippen molar-refractivity contribution in [1.29, 1.82) is 0 Å². The number of amides is 1. The lowest BCUT2D eigenvalue weighted by atomic mass is 9.98. The Morgan fingerprint density at radius 1 is 1.36 bits per heavy atom. The number of pyridine rings is 1. The molecule has 1 aliphatic heterocycles. The highest BCUT2D eigenvalue weighted by atomic mass is 32.2. The zero-order valence-electron chi connectivity index (χ0n) is 19.3. The van der Waals surface area contributed by atoms with Gasteiger partial charge in [-0.25, -0.2) is 4.98 Å². The average Bonchev–Trinajstić information content (AvgIpc) is 3.32. The molecule has 0 aromatic carbocycles. The minimum Gasteiger partial charge on any atom is -0.572 e. The molecule has 3 atom stereocenters. The van der Waals surface area contributed by atoms with Crippen molar-refractivity contribution in [1.82, 2.24) is 23.4 Å². The predicted octanol–water partition coefficient (Wildman–Crippen LogP) is 3.18. The molecule has 12 heteroatoms. The molecule has 1 N–H and O–H groups in total. The van der Waals surface area contributed by atoms with Gasteiger partial charge >= 0.3 is 6.18 Å². The monoisotopic (exact) mass is 486 g/mol. The van der Waals surface area contributed by atoms with Crippen LogP contribution in [-0.2, 0) is 28.9 Å². The number of rotatable bonds is 7. The van der Waals surface area contributed by atoms with Crippen LogP contribution in [0.15, 0.2) is 18.2 Å². The molecule has 0 spiro atoms. The van der Waals surface area contributed by atoms with Gasteiger partial charge in [-0.3, -0.25) is 9.69 Å². The van der Waals surface area contributed by atoms with Gasteiger partial charge in [-0.15, -0.1) is 9.40 Å². The molecule has 0 aliphatic carbocycles. The number of carbonyl (C=O) groups excluding carboxylic acids is 1. The maximum atomic E-state index is 13.1. The van der Waals surface area contributed by atoms with Crippen LogP contribution in [0.4, 0.5) is 19.0 Å². The lowest BCUT2D eigenvalue weighted by Crippen LogP contribution is -2.31. The maximum absolute atomic E-state index is 13.1. The molecule has 2 aromatic heterocycles. The Morgan fingerprint density at radius 2 is 2.06 bits per heavy atom. The second kappa shape index (κ2) is 10.00. The largest absolute Gasteiger partial charge is 0.572 e. The number of hydrogen-bond donors (Lipinski definition) is 1. The van der Waals surface area contributed by atoms with Crippen LogP contribution < -0.4 is 5.32 Å². The number of halogens is 3. The van der Waals surface area contributed by atoms with Crippen molar-refractivity contribution in [2.45, 2.75) is 45.8 Å². The van der Waals surface area contributed by atoms with E-state index in [4.69, 9.17) is 0 Å². The molecule has 1 aliphatic rings. The molecule has 3 heterocycles. The summed E-state index contributed by atoms with van der Waals surface area (Å²) in [6.07, 6.45) is -3.09. The molecule has 182 valence electrons. The van der Waals surface area contributed by atoms with Crippen molar-refractivity contribution >= 4 is 23.3 Å². The van der Waals surface area contributed by atoms with Gasteiger partial charge in [0.15, 0.2) is 17.4 Å². The van der Waals surface area contributed by atoms with Gasteiger partial charge in [0.2, 0.25) is 5.91 Å². The average molecular weight is 487 g/mol. The summed E-state index contributed by atoms with van der Waals surface area (Å²) in [7, 11) is 3.29. The fourth-order valence-electron chi connectivity index (χ4n) is 4.03. The summed E-state index contributed by atoms with van der Waals surface area (Å²) in [5.74, 6) is 0.250. The van der Waals surface area contributed by atoms with Crippen LogP contribution in [0.5, 0.6) is 0 Å². The van der Waals surface area contributed by atoms with Gasteiger partial charge in [0.1, 0.15) is 5.69 Å². The van der Waals surface area contributed by atoms with E-state index in [1.54, 1.807) is 33.2 Å². The van der Waals surface area contributed by atoms with E-state index in [9.17, 15) is 22.5 Å². The molecule has 1 saturated heterocycles. The second-order valence-electron chi connectivity index (χ2n) is 8.58. The van der Waals surface area contributed by atoms with Crippen molar-refractivity contribution in [3.63, 3.8) is 0 Å². The lowest BCUT2D eigenvalue weighted by Gasteiger charge is -2.23. The van der Waals surface area contributed by atoms with Crippen LogP contribution in [-0.4, -0.2) is 61.0 Å². The van der Waals surface area contributed by atoms with Crippen molar-refractivity contribution in [2.75, 3.05) is 32.5 Å². The van der Waals surface area contributed by atoms with Crippen LogP contribution in [0.3, 0.4) is 0 Å².